The van der Waals surface area contributed by atoms with Crippen LogP contribution < -0.4 is 5.73 Å². The van der Waals surface area contributed by atoms with Gasteiger partial charge in [0.25, 0.3) is 0 Å². The maximum atomic E-state index is 5.77. The number of halogens is 1. The van der Waals surface area contributed by atoms with Crippen molar-refractivity contribution in [3.05, 3.63) is 36.2 Å². The van der Waals surface area contributed by atoms with Crippen LogP contribution in [0.15, 0.2) is 30.6 Å². The van der Waals surface area contributed by atoms with Crippen LogP contribution in [0.5, 0.6) is 0 Å². The molecule has 0 saturated heterocycles. The summed E-state index contributed by atoms with van der Waals surface area (Å²) in [5.41, 5.74) is 8.84. The van der Waals surface area contributed by atoms with Crippen molar-refractivity contribution in [3.8, 4) is 0 Å². The van der Waals surface area contributed by atoms with Gasteiger partial charge in [-0.15, -0.1) is 12.4 Å². The zero-order valence-corrected chi connectivity index (χ0v) is 9.37. The van der Waals surface area contributed by atoms with Crippen LogP contribution in [0.2, 0.25) is 0 Å². The first kappa shape index (κ1) is 11.9. The van der Waals surface area contributed by atoms with Gasteiger partial charge in [0, 0.05) is 18.4 Å². The highest BCUT2D eigenvalue weighted by molar-refractivity contribution is 5.85. The van der Waals surface area contributed by atoms with E-state index in [9.17, 15) is 0 Å². The second-order valence-corrected chi connectivity index (χ2v) is 3.52. The molecule has 0 fully saturated rings. The molecule has 4 heteroatoms. The van der Waals surface area contributed by atoms with Gasteiger partial charge in [-0.2, -0.15) is 0 Å². The molecule has 1 aromatic heterocycles. The summed E-state index contributed by atoms with van der Waals surface area (Å²) in [6, 6.07) is 6.17. The van der Waals surface area contributed by atoms with Gasteiger partial charge in [0.15, 0.2) is 0 Å². The molecule has 2 rings (SSSR count). The molecule has 0 saturated carbocycles. The lowest BCUT2D eigenvalue weighted by atomic mass is 10.1. The van der Waals surface area contributed by atoms with Gasteiger partial charge in [-0.25, -0.2) is 0 Å². The van der Waals surface area contributed by atoms with Crippen molar-refractivity contribution in [1.82, 2.24) is 9.97 Å². The zero-order chi connectivity index (χ0) is 9.97. The lowest BCUT2D eigenvalue weighted by molar-refractivity contribution is 0.740. The molecule has 1 atom stereocenters. The van der Waals surface area contributed by atoms with Crippen molar-refractivity contribution < 1.29 is 0 Å². The van der Waals surface area contributed by atoms with Crippen molar-refractivity contribution in [3.63, 3.8) is 0 Å². The molecule has 2 N–H and O–H groups in total. The Morgan fingerprint density at radius 1 is 1.27 bits per heavy atom. The summed E-state index contributed by atoms with van der Waals surface area (Å²) < 4.78 is 0. The fourth-order valence-electron chi connectivity index (χ4n) is 1.56. The molecule has 0 amide bonds. The molecule has 15 heavy (non-hydrogen) atoms. The van der Waals surface area contributed by atoms with Crippen molar-refractivity contribution in [2.45, 2.75) is 19.4 Å². The second-order valence-electron chi connectivity index (χ2n) is 3.52. The molecular weight excluding hydrogens is 210 g/mol. The minimum Gasteiger partial charge on any atom is -0.328 e. The van der Waals surface area contributed by atoms with E-state index in [4.69, 9.17) is 5.73 Å². The van der Waals surface area contributed by atoms with Crippen LogP contribution in [0.25, 0.3) is 11.0 Å². The van der Waals surface area contributed by atoms with Crippen LogP contribution in [0, 0.1) is 0 Å². The highest BCUT2D eigenvalue weighted by atomic mass is 35.5. The average Bonchev–Trinajstić information content (AvgIpc) is 2.18. The topological polar surface area (TPSA) is 51.8 Å². The minimum absolute atomic E-state index is 0. The fraction of sp³-hybridized carbons (Fsp3) is 0.273. The Morgan fingerprint density at radius 2 is 2.00 bits per heavy atom. The van der Waals surface area contributed by atoms with E-state index in [1.807, 2.05) is 19.1 Å². The lowest BCUT2D eigenvalue weighted by Gasteiger charge is -2.07. The van der Waals surface area contributed by atoms with Crippen molar-refractivity contribution >= 4 is 23.4 Å². The maximum absolute atomic E-state index is 5.77. The normalized spacial score (nSPS) is 12.1. The smallest absolute Gasteiger partial charge is 0.0919 e. The SMILES string of the molecule is CC(N)Cc1cccc2nccnc12.Cl. The first-order valence-corrected chi connectivity index (χ1v) is 4.71. The predicted octanol–water partition coefficient (Wildman–Crippen LogP) is 1.94. The number of para-hydroxylation sites is 1. The van der Waals surface area contributed by atoms with Gasteiger partial charge in [-0.3, -0.25) is 9.97 Å². The number of nitrogens with zero attached hydrogens (tertiary/aromatic N) is 2. The number of nitrogens with two attached hydrogens (primary N) is 1. The zero-order valence-electron chi connectivity index (χ0n) is 8.55. The second kappa shape index (κ2) is 5.05. The standard InChI is InChI=1S/C11H13N3.ClH/c1-8(12)7-9-3-2-4-10-11(9)14-6-5-13-10;/h2-6,8H,7,12H2,1H3;1H. The van der Waals surface area contributed by atoms with Crippen molar-refractivity contribution in [2.75, 3.05) is 0 Å². The summed E-state index contributed by atoms with van der Waals surface area (Å²) >= 11 is 0. The Bertz CT molecular complexity index is 437. The third-order valence-electron chi connectivity index (χ3n) is 2.12. The van der Waals surface area contributed by atoms with Crippen LogP contribution in [-0.4, -0.2) is 16.0 Å². The quantitative estimate of drug-likeness (QED) is 0.847. The maximum Gasteiger partial charge on any atom is 0.0919 e. The fourth-order valence-corrected chi connectivity index (χ4v) is 1.56. The summed E-state index contributed by atoms with van der Waals surface area (Å²) in [6.07, 6.45) is 4.26. The summed E-state index contributed by atoms with van der Waals surface area (Å²) in [5.74, 6) is 0. The molecule has 0 aliphatic rings. The third kappa shape index (κ3) is 2.64. The Labute approximate surface area is 95.1 Å². The number of benzene rings is 1. The largest absolute Gasteiger partial charge is 0.328 e. The molecule has 1 heterocycles. The first-order valence-electron chi connectivity index (χ1n) is 4.71. The molecule has 0 aliphatic carbocycles. The molecular formula is C11H14ClN3. The van der Waals surface area contributed by atoms with E-state index in [2.05, 4.69) is 16.0 Å². The number of rotatable bonds is 2. The van der Waals surface area contributed by atoms with E-state index in [0.29, 0.717) is 0 Å². The molecule has 0 bridgehead atoms. The third-order valence-corrected chi connectivity index (χ3v) is 2.12. The van der Waals surface area contributed by atoms with Crippen LogP contribution in [0.4, 0.5) is 0 Å². The highest BCUT2D eigenvalue weighted by Crippen LogP contribution is 2.14. The number of hydrogen-bond acceptors (Lipinski definition) is 3. The number of aromatic nitrogens is 2. The van der Waals surface area contributed by atoms with Crippen LogP contribution >= 0.6 is 12.4 Å². The summed E-state index contributed by atoms with van der Waals surface area (Å²) in [4.78, 5) is 8.56. The molecule has 0 spiro atoms. The molecule has 80 valence electrons. The van der Waals surface area contributed by atoms with Gasteiger partial charge in [-0.05, 0) is 25.0 Å². The molecule has 3 nitrogen and oxygen atoms in total. The predicted molar refractivity (Wildman–Crippen MR) is 64.1 cm³/mol. The van der Waals surface area contributed by atoms with E-state index in [-0.39, 0.29) is 18.4 Å². The van der Waals surface area contributed by atoms with Crippen molar-refractivity contribution in [1.29, 1.82) is 0 Å². The van der Waals surface area contributed by atoms with E-state index in [1.165, 1.54) is 5.56 Å². The molecule has 0 aliphatic heterocycles. The number of fused-ring (bicyclic) bond motifs is 1. The first-order chi connectivity index (χ1) is 6.77. The molecule has 0 radical (unpaired) electrons. The Morgan fingerprint density at radius 3 is 2.73 bits per heavy atom. The van der Waals surface area contributed by atoms with Gasteiger partial charge in [0.2, 0.25) is 0 Å². The van der Waals surface area contributed by atoms with Crippen LogP contribution in [0.3, 0.4) is 0 Å². The molecule has 1 unspecified atom stereocenters. The summed E-state index contributed by atoms with van der Waals surface area (Å²) in [5, 5.41) is 0. The minimum atomic E-state index is 0. The number of hydrogen-bond donors (Lipinski definition) is 1. The van der Waals surface area contributed by atoms with Gasteiger partial charge >= 0.3 is 0 Å². The summed E-state index contributed by atoms with van der Waals surface area (Å²) in [7, 11) is 0. The van der Waals surface area contributed by atoms with Gasteiger partial charge in [0.05, 0.1) is 11.0 Å². The van der Waals surface area contributed by atoms with Crippen molar-refractivity contribution in [2.24, 2.45) is 5.73 Å². The van der Waals surface area contributed by atoms with E-state index in [0.717, 1.165) is 17.5 Å². The molecule has 1 aromatic carbocycles. The van der Waals surface area contributed by atoms with E-state index >= 15 is 0 Å². The van der Waals surface area contributed by atoms with Crippen LogP contribution in [-0.2, 0) is 6.42 Å². The Balaban J connectivity index is 0.00000112. The van der Waals surface area contributed by atoms with E-state index in [1.54, 1.807) is 12.4 Å². The summed E-state index contributed by atoms with van der Waals surface area (Å²) in [6.45, 7) is 2.00. The average molecular weight is 224 g/mol. The monoisotopic (exact) mass is 223 g/mol. The van der Waals surface area contributed by atoms with Gasteiger partial charge in [-0.1, -0.05) is 12.1 Å². The van der Waals surface area contributed by atoms with E-state index < -0.39 is 0 Å². The molecule has 2 aromatic rings. The Hall–Kier alpha value is -1.19. The lowest BCUT2D eigenvalue weighted by Crippen LogP contribution is -2.18. The Kier molecular flexibility index (Phi) is 4.00. The van der Waals surface area contributed by atoms with Crippen LogP contribution in [0.1, 0.15) is 12.5 Å². The van der Waals surface area contributed by atoms with Gasteiger partial charge < -0.3 is 5.73 Å². The highest BCUT2D eigenvalue weighted by Gasteiger charge is 2.04. The van der Waals surface area contributed by atoms with Gasteiger partial charge in [0.1, 0.15) is 0 Å².